The van der Waals surface area contributed by atoms with Gasteiger partial charge in [-0.2, -0.15) is 0 Å². The fourth-order valence-corrected chi connectivity index (χ4v) is 3.13. The Morgan fingerprint density at radius 3 is 2.46 bits per heavy atom. The summed E-state index contributed by atoms with van der Waals surface area (Å²) in [6, 6.07) is 15.3. The number of carbonyl (C=O) groups excluding carboxylic acids is 1. The SMILES string of the molecule is CC(NC(c1ccccc1)C1CC1)C(=O)Nc1cccc(Cl)c1Cl. The van der Waals surface area contributed by atoms with Gasteiger partial charge >= 0.3 is 0 Å². The highest BCUT2D eigenvalue weighted by Gasteiger charge is 2.34. The van der Waals surface area contributed by atoms with Gasteiger partial charge in [0.05, 0.1) is 21.8 Å². The highest BCUT2D eigenvalue weighted by molar-refractivity contribution is 6.44. The van der Waals surface area contributed by atoms with Gasteiger partial charge in [0.1, 0.15) is 0 Å². The van der Waals surface area contributed by atoms with E-state index in [1.165, 1.54) is 18.4 Å². The number of anilines is 1. The van der Waals surface area contributed by atoms with Crippen molar-refractivity contribution in [2.75, 3.05) is 5.32 Å². The minimum absolute atomic E-state index is 0.124. The monoisotopic (exact) mass is 362 g/mol. The Hall–Kier alpha value is -1.55. The molecular formula is C19H20Cl2N2O. The molecule has 2 aromatic rings. The van der Waals surface area contributed by atoms with E-state index in [1.807, 2.05) is 25.1 Å². The van der Waals surface area contributed by atoms with Crippen molar-refractivity contribution in [2.24, 2.45) is 5.92 Å². The van der Waals surface area contributed by atoms with Crippen molar-refractivity contribution in [1.29, 1.82) is 0 Å². The maximum Gasteiger partial charge on any atom is 0.241 e. The second-order valence-corrected chi connectivity index (χ2v) is 6.99. The summed E-state index contributed by atoms with van der Waals surface area (Å²) >= 11 is 12.1. The van der Waals surface area contributed by atoms with Gasteiger partial charge in [0.25, 0.3) is 0 Å². The topological polar surface area (TPSA) is 41.1 Å². The number of hydrogen-bond acceptors (Lipinski definition) is 2. The van der Waals surface area contributed by atoms with Crippen LogP contribution in [0.25, 0.3) is 0 Å². The molecule has 0 spiro atoms. The molecule has 1 saturated carbocycles. The molecule has 2 N–H and O–H groups in total. The standard InChI is InChI=1S/C19H20Cl2N2O/c1-12(19(24)23-16-9-5-8-15(20)17(16)21)22-18(14-10-11-14)13-6-3-2-4-7-13/h2-9,12,14,18,22H,10-11H2,1H3,(H,23,24). The molecule has 0 saturated heterocycles. The summed E-state index contributed by atoms with van der Waals surface area (Å²) in [5.74, 6) is 0.471. The summed E-state index contributed by atoms with van der Waals surface area (Å²) in [6.07, 6.45) is 2.39. The molecule has 2 aromatic carbocycles. The number of carbonyl (C=O) groups is 1. The first kappa shape index (κ1) is 17.3. The van der Waals surface area contributed by atoms with Crippen LogP contribution in [0.1, 0.15) is 31.4 Å². The molecule has 1 aliphatic carbocycles. The van der Waals surface area contributed by atoms with Crippen molar-refractivity contribution in [3.63, 3.8) is 0 Å². The third-order valence-corrected chi connectivity index (χ3v) is 5.10. The van der Waals surface area contributed by atoms with Gasteiger partial charge in [0.15, 0.2) is 0 Å². The zero-order chi connectivity index (χ0) is 17.1. The summed E-state index contributed by atoms with van der Waals surface area (Å²) in [5.41, 5.74) is 1.76. The number of amides is 1. The smallest absolute Gasteiger partial charge is 0.241 e. The second-order valence-electron chi connectivity index (χ2n) is 6.20. The quantitative estimate of drug-likeness (QED) is 0.753. The summed E-state index contributed by atoms with van der Waals surface area (Å²) in [4.78, 5) is 12.5. The fraction of sp³-hybridized carbons (Fsp3) is 0.316. The molecule has 0 heterocycles. The summed E-state index contributed by atoms with van der Waals surface area (Å²) in [7, 11) is 0. The molecule has 126 valence electrons. The molecule has 1 fully saturated rings. The molecule has 0 bridgehead atoms. The van der Waals surface area contributed by atoms with Gasteiger partial charge in [0.2, 0.25) is 5.91 Å². The van der Waals surface area contributed by atoms with Crippen LogP contribution in [-0.2, 0) is 4.79 Å². The highest BCUT2D eigenvalue weighted by atomic mass is 35.5. The molecule has 2 unspecified atom stereocenters. The lowest BCUT2D eigenvalue weighted by atomic mass is 10.0. The van der Waals surface area contributed by atoms with Crippen LogP contribution in [0, 0.1) is 5.92 Å². The van der Waals surface area contributed by atoms with Crippen LogP contribution in [0.3, 0.4) is 0 Å². The number of nitrogens with one attached hydrogen (secondary N) is 2. The van der Waals surface area contributed by atoms with Crippen molar-refractivity contribution in [1.82, 2.24) is 5.32 Å². The van der Waals surface area contributed by atoms with Gasteiger partial charge in [-0.15, -0.1) is 0 Å². The van der Waals surface area contributed by atoms with Crippen LogP contribution in [0.5, 0.6) is 0 Å². The number of benzene rings is 2. The predicted molar refractivity (Wildman–Crippen MR) is 99.6 cm³/mol. The molecule has 2 atom stereocenters. The minimum Gasteiger partial charge on any atom is -0.323 e. The van der Waals surface area contributed by atoms with Crippen LogP contribution in [0.15, 0.2) is 48.5 Å². The van der Waals surface area contributed by atoms with Gasteiger partial charge in [-0.25, -0.2) is 0 Å². The largest absolute Gasteiger partial charge is 0.323 e. The van der Waals surface area contributed by atoms with Crippen LogP contribution in [-0.4, -0.2) is 11.9 Å². The Kier molecular flexibility index (Phi) is 5.44. The first-order valence-electron chi connectivity index (χ1n) is 8.12. The molecule has 24 heavy (non-hydrogen) atoms. The molecule has 3 rings (SSSR count). The Labute approximate surface area is 152 Å². The van der Waals surface area contributed by atoms with Crippen LogP contribution in [0.2, 0.25) is 10.0 Å². The van der Waals surface area contributed by atoms with E-state index in [2.05, 4.69) is 22.8 Å². The number of rotatable bonds is 6. The molecule has 5 heteroatoms. The maximum absolute atomic E-state index is 12.5. The van der Waals surface area contributed by atoms with Crippen molar-refractivity contribution in [2.45, 2.75) is 31.8 Å². The van der Waals surface area contributed by atoms with E-state index >= 15 is 0 Å². The van der Waals surface area contributed by atoms with E-state index < -0.39 is 0 Å². The van der Waals surface area contributed by atoms with Crippen LogP contribution in [0.4, 0.5) is 5.69 Å². The molecule has 0 radical (unpaired) electrons. The molecule has 1 amide bonds. The Bertz CT molecular complexity index is 717. The van der Waals surface area contributed by atoms with Gasteiger partial charge in [0, 0.05) is 6.04 Å². The average molecular weight is 363 g/mol. The van der Waals surface area contributed by atoms with Gasteiger partial charge in [-0.05, 0) is 43.4 Å². The Morgan fingerprint density at radius 1 is 1.08 bits per heavy atom. The van der Waals surface area contributed by atoms with Crippen molar-refractivity contribution in [3.8, 4) is 0 Å². The summed E-state index contributed by atoms with van der Waals surface area (Å²) in [6.45, 7) is 1.87. The van der Waals surface area contributed by atoms with Gasteiger partial charge in [-0.1, -0.05) is 59.6 Å². The van der Waals surface area contributed by atoms with E-state index in [1.54, 1.807) is 18.2 Å². The van der Waals surface area contributed by atoms with E-state index in [0.717, 1.165) is 0 Å². The molecule has 3 nitrogen and oxygen atoms in total. The van der Waals surface area contributed by atoms with Crippen LogP contribution >= 0.6 is 23.2 Å². The average Bonchev–Trinajstić information content (AvgIpc) is 3.42. The molecule has 1 aliphatic rings. The van der Waals surface area contributed by atoms with Crippen LogP contribution < -0.4 is 10.6 Å². The lowest BCUT2D eigenvalue weighted by Gasteiger charge is -2.23. The second kappa shape index (κ2) is 7.56. The lowest BCUT2D eigenvalue weighted by Crippen LogP contribution is -2.41. The normalized spacial score (nSPS) is 16.5. The maximum atomic E-state index is 12.5. The van der Waals surface area contributed by atoms with E-state index in [-0.39, 0.29) is 18.0 Å². The zero-order valence-corrected chi connectivity index (χ0v) is 14.9. The third-order valence-electron chi connectivity index (χ3n) is 4.28. The van der Waals surface area contributed by atoms with Crippen molar-refractivity contribution >= 4 is 34.8 Å². The van der Waals surface area contributed by atoms with Gasteiger partial charge < -0.3 is 5.32 Å². The van der Waals surface area contributed by atoms with E-state index in [9.17, 15) is 4.79 Å². The predicted octanol–water partition coefficient (Wildman–Crippen LogP) is 5.06. The molecule has 0 aromatic heterocycles. The van der Waals surface area contributed by atoms with E-state index in [0.29, 0.717) is 21.7 Å². The lowest BCUT2D eigenvalue weighted by molar-refractivity contribution is -0.118. The van der Waals surface area contributed by atoms with Crippen molar-refractivity contribution < 1.29 is 4.79 Å². The first-order chi connectivity index (χ1) is 11.6. The fourth-order valence-electron chi connectivity index (χ4n) is 2.78. The minimum atomic E-state index is -0.342. The Morgan fingerprint density at radius 2 is 1.79 bits per heavy atom. The Balaban J connectivity index is 1.68. The summed E-state index contributed by atoms with van der Waals surface area (Å²) < 4.78 is 0. The first-order valence-corrected chi connectivity index (χ1v) is 8.87. The highest BCUT2D eigenvalue weighted by Crippen LogP contribution is 2.41. The number of halogens is 2. The summed E-state index contributed by atoms with van der Waals surface area (Å²) in [5, 5.41) is 7.10. The molecular weight excluding hydrogens is 343 g/mol. The zero-order valence-electron chi connectivity index (χ0n) is 13.4. The third kappa shape index (κ3) is 4.10. The van der Waals surface area contributed by atoms with Crippen molar-refractivity contribution in [3.05, 3.63) is 64.1 Å². The van der Waals surface area contributed by atoms with E-state index in [4.69, 9.17) is 23.2 Å². The number of hydrogen-bond donors (Lipinski definition) is 2. The van der Waals surface area contributed by atoms with Gasteiger partial charge in [-0.3, -0.25) is 10.1 Å². The molecule has 0 aliphatic heterocycles.